The van der Waals surface area contributed by atoms with Crippen LogP contribution in [0, 0.1) is 5.92 Å². The first kappa shape index (κ1) is 12.3. The molecule has 94 valence electrons. The van der Waals surface area contributed by atoms with Gasteiger partial charge in [0.2, 0.25) is 0 Å². The molecule has 0 aliphatic heterocycles. The van der Waals surface area contributed by atoms with Gasteiger partial charge in [-0.15, -0.1) is 0 Å². The summed E-state index contributed by atoms with van der Waals surface area (Å²) in [6.07, 6.45) is 0. The summed E-state index contributed by atoms with van der Waals surface area (Å²) in [5, 5.41) is 3.41. The van der Waals surface area contributed by atoms with E-state index in [1.165, 1.54) is 0 Å². The van der Waals surface area contributed by atoms with Crippen molar-refractivity contribution in [3.63, 3.8) is 0 Å². The summed E-state index contributed by atoms with van der Waals surface area (Å²) in [4.78, 5) is 29.7. The standard InChI is InChI=1S/C13H15N3O2/c1-8(2)7-14-12(17)11-9-5-3-4-6-10(9)15-13(18)16-11/h3-6,8H,7H2,1-2H3,(H,14,17)(H,15,16,18). The molecule has 5 nitrogen and oxygen atoms in total. The second-order valence-electron chi connectivity index (χ2n) is 4.54. The van der Waals surface area contributed by atoms with Gasteiger partial charge in [0.25, 0.3) is 5.91 Å². The van der Waals surface area contributed by atoms with E-state index >= 15 is 0 Å². The van der Waals surface area contributed by atoms with Crippen LogP contribution in [0.1, 0.15) is 24.3 Å². The van der Waals surface area contributed by atoms with Crippen LogP contribution < -0.4 is 11.0 Å². The Labute approximate surface area is 104 Å². The Morgan fingerprint density at radius 2 is 2.11 bits per heavy atom. The van der Waals surface area contributed by atoms with Crippen LogP contribution in [-0.4, -0.2) is 22.4 Å². The van der Waals surface area contributed by atoms with E-state index < -0.39 is 5.69 Å². The first-order valence-electron chi connectivity index (χ1n) is 5.85. The zero-order valence-electron chi connectivity index (χ0n) is 10.4. The van der Waals surface area contributed by atoms with Crippen LogP contribution in [0.5, 0.6) is 0 Å². The molecule has 0 saturated heterocycles. The number of para-hydroxylation sites is 1. The molecule has 0 bridgehead atoms. The van der Waals surface area contributed by atoms with Crippen LogP contribution in [0.4, 0.5) is 0 Å². The summed E-state index contributed by atoms with van der Waals surface area (Å²) in [7, 11) is 0. The number of hydrogen-bond donors (Lipinski definition) is 2. The number of amides is 1. The lowest BCUT2D eigenvalue weighted by Gasteiger charge is -2.08. The molecule has 2 rings (SSSR count). The molecule has 1 aromatic carbocycles. The first-order chi connectivity index (χ1) is 8.58. The third kappa shape index (κ3) is 2.56. The Balaban J connectivity index is 2.43. The SMILES string of the molecule is CC(C)CNC(=O)c1nc(=O)[nH]c2ccccc12. The number of H-pyrrole nitrogens is 1. The van der Waals surface area contributed by atoms with Crippen molar-refractivity contribution in [3.8, 4) is 0 Å². The Hall–Kier alpha value is -2.17. The van der Waals surface area contributed by atoms with Gasteiger partial charge in [-0.05, 0) is 12.0 Å². The zero-order chi connectivity index (χ0) is 13.1. The molecule has 1 aromatic heterocycles. The van der Waals surface area contributed by atoms with Crippen LogP contribution >= 0.6 is 0 Å². The molecule has 1 heterocycles. The number of benzene rings is 1. The average molecular weight is 245 g/mol. The predicted octanol–water partition coefficient (Wildman–Crippen LogP) is 1.31. The van der Waals surface area contributed by atoms with E-state index in [0.717, 1.165) is 0 Å². The maximum absolute atomic E-state index is 12.0. The van der Waals surface area contributed by atoms with Crippen molar-refractivity contribution < 1.29 is 4.79 Å². The minimum Gasteiger partial charge on any atom is -0.350 e. The van der Waals surface area contributed by atoms with Crippen LogP contribution in [0.15, 0.2) is 29.1 Å². The second-order valence-corrected chi connectivity index (χ2v) is 4.54. The minimum absolute atomic E-state index is 0.176. The molecule has 0 aliphatic carbocycles. The maximum Gasteiger partial charge on any atom is 0.346 e. The number of aromatic nitrogens is 2. The smallest absolute Gasteiger partial charge is 0.346 e. The Morgan fingerprint density at radius 3 is 2.83 bits per heavy atom. The van der Waals surface area contributed by atoms with Crippen molar-refractivity contribution in [2.24, 2.45) is 5.92 Å². The highest BCUT2D eigenvalue weighted by atomic mass is 16.2. The van der Waals surface area contributed by atoms with Crippen LogP contribution in [-0.2, 0) is 0 Å². The van der Waals surface area contributed by atoms with E-state index in [9.17, 15) is 9.59 Å². The third-order valence-corrected chi connectivity index (χ3v) is 2.52. The quantitative estimate of drug-likeness (QED) is 0.856. The van der Waals surface area contributed by atoms with E-state index in [1.807, 2.05) is 19.9 Å². The van der Waals surface area contributed by atoms with Crippen molar-refractivity contribution in [1.82, 2.24) is 15.3 Å². The Morgan fingerprint density at radius 1 is 1.39 bits per heavy atom. The largest absolute Gasteiger partial charge is 0.350 e. The topological polar surface area (TPSA) is 74.8 Å². The van der Waals surface area contributed by atoms with Crippen molar-refractivity contribution in [2.75, 3.05) is 6.54 Å². The molecule has 0 fully saturated rings. The lowest BCUT2D eigenvalue weighted by atomic mass is 10.1. The normalized spacial score (nSPS) is 10.8. The van der Waals surface area contributed by atoms with Gasteiger partial charge in [-0.3, -0.25) is 4.79 Å². The van der Waals surface area contributed by atoms with Crippen LogP contribution in [0.25, 0.3) is 10.9 Å². The molecular formula is C13H15N3O2. The number of aromatic amines is 1. The molecular weight excluding hydrogens is 230 g/mol. The van der Waals surface area contributed by atoms with Gasteiger partial charge in [0.1, 0.15) is 5.69 Å². The van der Waals surface area contributed by atoms with Crippen molar-refractivity contribution in [2.45, 2.75) is 13.8 Å². The van der Waals surface area contributed by atoms with Gasteiger partial charge < -0.3 is 10.3 Å². The fraction of sp³-hybridized carbons (Fsp3) is 0.308. The average Bonchev–Trinajstić information content (AvgIpc) is 2.34. The van der Waals surface area contributed by atoms with Crippen LogP contribution in [0.3, 0.4) is 0 Å². The molecule has 0 atom stereocenters. The van der Waals surface area contributed by atoms with Gasteiger partial charge in [-0.25, -0.2) is 4.79 Å². The predicted molar refractivity (Wildman–Crippen MR) is 69.5 cm³/mol. The van der Waals surface area contributed by atoms with Gasteiger partial charge in [-0.2, -0.15) is 4.98 Å². The molecule has 0 aliphatic rings. The molecule has 5 heteroatoms. The number of carbonyl (C=O) groups excluding carboxylic acids is 1. The maximum atomic E-state index is 12.0. The van der Waals surface area contributed by atoms with E-state index in [1.54, 1.807) is 18.2 Å². The fourth-order valence-corrected chi connectivity index (χ4v) is 1.66. The van der Waals surface area contributed by atoms with E-state index in [0.29, 0.717) is 23.4 Å². The van der Waals surface area contributed by atoms with Gasteiger partial charge in [0.05, 0.1) is 5.52 Å². The Kier molecular flexibility index (Phi) is 3.41. The van der Waals surface area contributed by atoms with E-state index in [4.69, 9.17) is 0 Å². The van der Waals surface area contributed by atoms with Crippen molar-refractivity contribution in [3.05, 3.63) is 40.4 Å². The lowest BCUT2D eigenvalue weighted by molar-refractivity contribution is 0.0945. The number of fused-ring (bicyclic) bond motifs is 1. The van der Waals surface area contributed by atoms with Gasteiger partial charge in [-0.1, -0.05) is 32.0 Å². The summed E-state index contributed by atoms with van der Waals surface area (Å²) in [6, 6.07) is 7.12. The minimum atomic E-state index is -0.511. The second kappa shape index (κ2) is 5.00. The summed E-state index contributed by atoms with van der Waals surface area (Å²) >= 11 is 0. The number of hydrogen-bond acceptors (Lipinski definition) is 3. The van der Waals surface area contributed by atoms with Crippen molar-refractivity contribution in [1.29, 1.82) is 0 Å². The molecule has 0 unspecified atom stereocenters. The highest BCUT2D eigenvalue weighted by Crippen LogP contribution is 2.12. The Bertz CT molecular complexity index is 631. The van der Waals surface area contributed by atoms with Crippen LogP contribution in [0.2, 0.25) is 0 Å². The number of rotatable bonds is 3. The molecule has 0 saturated carbocycles. The summed E-state index contributed by atoms with van der Waals surface area (Å²) in [5.74, 6) is 0.0354. The highest BCUT2D eigenvalue weighted by Gasteiger charge is 2.13. The molecule has 1 amide bonds. The molecule has 0 spiro atoms. The summed E-state index contributed by atoms with van der Waals surface area (Å²) in [6.45, 7) is 4.56. The van der Waals surface area contributed by atoms with Gasteiger partial charge in [0, 0.05) is 11.9 Å². The summed E-state index contributed by atoms with van der Waals surface area (Å²) < 4.78 is 0. The lowest BCUT2D eigenvalue weighted by Crippen LogP contribution is -2.30. The van der Waals surface area contributed by atoms with Gasteiger partial charge in [0.15, 0.2) is 0 Å². The molecule has 2 aromatic rings. The molecule has 18 heavy (non-hydrogen) atoms. The van der Waals surface area contributed by atoms with E-state index in [-0.39, 0.29) is 11.6 Å². The summed E-state index contributed by atoms with van der Waals surface area (Å²) in [5.41, 5.74) is 0.283. The molecule has 2 N–H and O–H groups in total. The van der Waals surface area contributed by atoms with E-state index in [2.05, 4.69) is 15.3 Å². The highest BCUT2D eigenvalue weighted by molar-refractivity contribution is 6.04. The molecule has 0 radical (unpaired) electrons. The zero-order valence-corrected chi connectivity index (χ0v) is 10.4. The number of nitrogens with one attached hydrogen (secondary N) is 2. The number of carbonyl (C=O) groups is 1. The van der Waals surface area contributed by atoms with Crippen molar-refractivity contribution >= 4 is 16.8 Å². The van der Waals surface area contributed by atoms with Gasteiger partial charge >= 0.3 is 5.69 Å². The fourth-order valence-electron chi connectivity index (χ4n) is 1.66. The number of nitrogens with zero attached hydrogens (tertiary/aromatic N) is 1. The first-order valence-corrected chi connectivity index (χ1v) is 5.85. The third-order valence-electron chi connectivity index (χ3n) is 2.52. The monoisotopic (exact) mass is 245 g/mol.